The maximum Gasteiger partial charge on any atom is 0.287 e. The minimum absolute atomic E-state index is 0.0469. The molecular formula is C15H21N3O3. The average Bonchev–Trinajstić information content (AvgIpc) is 2.98. The van der Waals surface area contributed by atoms with Crippen LogP contribution in [0.2, 0.25) is 0 Å². The Balaban J connectivity index is 1.66. The van der Waals surface area contributed by atoms with Gasteiger partial charge in [-0.2, -0.15) is 0 Å². The number of aromatic amines is 1. The van der Waals surface area contributed by atoms with Gasteiger partial charge in [-0.3, -0.25) is 19.8 Å². The molecule has 1 aliphatic carbocycles. The number of hydrogen-bond acceptors (Lipinski definition) is 4. The number of nitrogens with one attached hydrogen (secondary N) is 1. The summed E-state index contributed by atoms with van der Waals surface area (Å²) in [4.78, 5) is 27.6. The highest BCUT2D eigenvalue weighted by Crippen LogP contribution is 2.35. The molecule has 1 aromatic heterocycles. The summed E-state index contributed by atoms with van der Waals surface area (Å²) in [5.41, 5.74) is 0.298. The summed E-state index contributed by atoms with van der Waals surface area (Å²) in [6.07, 6.45) is 8.74. The third-order valence-electron chi connectivity index (χ3n) is 4.88. The molecule has 1 aromatic rings. The molecule has 1 saturated heterocycles. The van der Waals surface area contributed by atoms with E-state index < -0.39 is 4.92 Å². The number of nitrogens with zero attached hydrogens (tertiary/aromatic N) is 2. The van der Waals surface area contributed by atoms with E-state index in [4.69, 9.17) is 0 Å². The number of ketones is 1. The van der Waals surface area contributed by atoms with E-state index in [1.165, 1.54) is 44.4 Å². The lowest BCUT2D eigenvalue weighted by atomic mass is 9.78. The SMILES string of the molecule is O=C(CN1CCC[C@H]2CCCC[C@H]21)c1cc([N+](=O)[O-])c[nH]1. The average molecular weight is 291 g/mol. The predicted molar refractivity (Wildman–Crippen MR) is 78.3 cm³/mol. The molecule has 1 aliphatic heterocycles. The van der Waals surface area contributed by atoms with Gasteiger partial charge in [0.2, 0.25) is 0 Å². The normalized spacial score (nSPS) is 26.3. The third kappa shape index (κ3) is 3.00. The van der Waals surface area contributed by atoms with Crippen LogP contribution < -0.4 is 0 Å². The minimum Gasteiger partial charge on any atom is -0.353 e. The van der Waals surface area contributed by atoms with Crippen LogP contribution in [0.4, 0.5) is 5.69 Å². The number of rotatable bonds is 4. The number of Topliss-reactive ketones (excluding diaryl/α,β-unsaturated/α-hetero) is 1. The molecule has 0 unspecified atom stereocenters. The molecule has 21 heavy (non-hydrogen) atoms. The van der Waals surface area contributed by atoms with Crippen LogP contribution >= 0.6 is 0 Å². The Labute approximate surface area is 123 Å². The quantitative estimate of drug-likeness (QED) is 0.525. The van der Waals surface area contributed by atoms with Crippen molar-refractivity contribution in [2.45, 2.75) is 44.6 Å². The topological polar surface area (TPSA) is 79.2 Å². The second-order valence-corrected chi connectivity index (χ2v) is 6.18. The Morgan fingerprint density at radius 3 is 2.86 bits per heavy atom. The number of hydrogen-bond donors (Lipinski definition) is 1. The number of carbonyl (C=O) groups is 1. The Morgan fingerprint density at radius 2 is 2.10 bits per heavy atom. The maximum atomic E-state index is 12.3. The molecule has 3 rings (SSSR count). The summed E-state index contributed by atoms with van der Waals surface area (Å²) in [6.45, 7) is 1.34. The van der Waals surface area contributed by atoms with E-state index >= 15 is 0 Å². The second-order valence-electron chi connectivity index (χ2n) is 6.18. The van der Waals surface area contributed by atoms with Crippen LogP contribution in [0.25, 0.3) is 0 Å². The van der Waals surface area contributed by atoms with Crippen molar-refractivity contribution in [3.8, 4) is 0 Å². The Morgan fingerprint density at radius 1 is 1.33 bits per heavy atom. The standard InChI is InChI=1S/C15H21N3O3/c19-15(13-8-12(9-16-13)18(20)21)10-17-7-3-5-11-4-1-2-6-14(11)17/h8-9,11,14,16H,1-7,10H2/t11-,14-/m1/s1. The van der Waals surface area contributed by atoms with Crippen LogP contribution in [0.5, 0.6) is 0 Å². The smallest absolute Gasteiger partial charge is 0.287 e. The molecule has 0 bridgehead atoms. The molecule has 0 amide bonds. The van der Waals surface area contributed by atoms with Gasteiger partial charge in [-0.25, -0.2) is 0 Å². The molecule has 114 valence electrons. The molecule has 0 spiro atoms. The van der Waals surface area contributed by atoms with Gasteiger partial charge in [0.25, 0.3) is 5.69 Å². The predicted octanol–water partition coefficient (Wildman–Crippen LogP) is 2.76. The number of aromatic nitrogens is 1. The van der Waals surface area contributed by atoms with Crippen LogP contribution in [-0.2, 0) is 0 Å². The third-order valence-corrected chi connectivity index (χ3v) is 4.88. The van der Waals surface area contributed by atoms with Crippen molar-refractivity contribution in [3.05, 3.63) is 28.1 Å². The largest absolute Gasteiger partial charge is 0.353 e. The van der Waals surface area contributed by atoms with Crippen LogP contribution in [0.3, 0.4) is 0 Å². The van der Waals surface area contributed by atoms with Gasteiger partial charge in [0, 0.05) is 12.1 Å². The van der Waals surface area contributed by atoms with Crippen LogP contribution in [-0.4, -0.2) is 39.7 Å². The number of nitro groups is 1. The van der Waals surface area contributed by atoms with E-state index in [1.54, 1.807) is 0 Å². The van der Waals surface area contributed by atoms with Gasteiger partial charge in [-0.05, 0) is 38.1 Å². The van der Waals surface area contributed by atoms with Crippen LogP contribution in [0.1, 0.15) is 49.0 Å². The highest BCUT2D eigenvalue weighted by molar-refractivity contribution is 5.96. The highest BCUT2D eigenvalue weighted by atomic mass is 16.6. The van der Waals surface area contributed by atoms with E-state index in [1.807, 2.05) is 0 Å². The fourth-order valence-electron chi connectivity index (χ4n) is 3.84. The first-order chi connectivity index (χ1) is 10.1. The summed E-state index contributed by atoms with van der Waals surface area (Å²) in [5.74, 6) is 0.688. The molecule has 2 heterocycles. The summed E-state index contributed by atoms with van der Waals surface area (Å²) in [6, 6.07) is 1.87. The number of H-pyrrole nitrogens is 1. The van der Waals surface area contributed by atoms with E-state index in [9.17, 15) is 14.9 Å². The summed E-state index contributed by atoms with van der Waals surface area (Å²) < 4.78 is 0. The van der Waals surface area contributed by atoms with E-state index in [2.05, 4.69) is 9.88 Å². The van der Waals surface area contributed by atoms with E-state index in [-0.39, 0.29) is 11.5 Å². The first-order valence-electron chi connectivity index (χ1n) is 7.75. The number of likely N-dealkylation sites (tertiary alicyclic amines) is 1. The molecule has 1 N–H and O–H groups in total. The lowest BCUT2D eigenvalue weighted by Crippen LogP contribution is -2.48. The molecule has 0 aromatic carbocycles. The molecule has 1 saturated carbocycles. The zero-order valence-electron chi connectivity index (χ0n) is 12.1. The Hall–Kier alpha value is -1.69. The van der Waals surface area contributed by atoms with E-state index in [0.717, 1.165) is 18.9 Å². The fourth-order valence-corrected chi connectivity index (χ4v) is 3.84. The zero-order chi connectivity index (χ0) is 14.8. The van der Waals surface area contributed by atoms with Gasteiger partial charge in [0.1, 0.15) is 0 Å². The molecule has 2 aliphatic rings. The number of fused-ring (bicyclic) bond motifs is 1. The van der Waals surface area contributed by atoms with Crippen LogP contribution in [0, 0.1) is 16.0 Å². The highest BCUT2D eigenvalue weighted by Gasteiger charge is 2.34. The first kappa shape index (κ1) is 14.3. The minimum atomic E-state index is -0.481. The molecule has 2 atom stereocenters. The lowest BCUT2D eigenvalue weighted by molar-refractivity contribution is -0.384. The molecule has 6 nitrogen and oxygen atoms in total. The molecular weight excluding hydrogens is 270 g/mol. The zero-order valence-corrected chi connectivity index (χ0v) is 12.1. The lowest BCUT2D eigenvalue weighted by Gasteiger charge is -2.43. The summed E-state index contributed by atoms with van der Waals surface area (Å²) in [7, 11) is 0. The molecule has 6 heteroatoms. The van der Waals surface area contributed by atoms with Crippen molar-refractivity contribution in [3.63, 3.8) is 0 Å². The van der Waals surface area contributed by atoms with Crippen molar-refractivity contribution in [1.29, 1.82) is 0 Å². The van der Waals surface area contributed by atoms with Gasteiger partial charge < -0.3 is 4.98 Å². The first-order valence-corrected chi connectivity index (χ1v) is 7.75. The monoisotopic (exact) mass is 291 g/mol. The fraction of sp³-hybridized carbons (Fsp3) is 0.667. The van der Waals surface area contributed by atoms with Gasteiger partial charge in [0.15, 0.2) is 5.78 Å². The summed E-state index contributed by atoms with van der Waals surface area (Å²) >= 11 is 0. The molecule has 0 radical (unpaired) electrons. The van der Waals surface area contributed by atoms with Gasteiger partial charge in [-0.1, -0.05) is 12.8 Å². The van der Waals surface area contributed by atoms with Crippen molar-refractivity contribution in [1.82, 2.24) is 9.88 Å². The van der Waals surface area contributed by atoms with Crippen LogP contribution in [0.15, 0.2) is 12.3 Å². The second kappa shape index (κ2) is 5.97. The number of carbonyl (C=O) groups excluding carboxylic acids is 1. The van der Waals surface area contributed by atoms with Gasteiger partial charge in [-0.15, -0.1) is 0 Å². The van der Waals surface area contributed by atoms with Crippen molar-refractivity contribution in [2.75, 3.05) is 13.1 Å². The maximum absolute atomic E-state index is 12.3. The van der Waals surface area contributed by atoms with Crippen molar-refractivity contribution in [2.24, 2.45) is 5.92 Å². The number of piperidine rings is 1. The molecule has 2 fully saturated rings. The van der Waals surface area contributed by atoms with Gasteiger partial charge >= 0.3 is 0 Å². The Bertz CT molecular complexity index is 538. The Kier molecular flexibility index (Phi) is 4.05. The summed E-state index contributed by atoms with van der Waals surface area (Å²) in [5, 5.41) is 10.7. The van der Waals surface area contributed by atoms with Crippen molar-refractivity contribution < 1.29 is 9.72 Å². The van der Waals surface area contributed by atoms with Gasteiger partial charge in [0.05, 0.1) is 23.4 Å². The van der Waals surface area contributed by atoms with E-state index in [0.29, 0.717) is 18.3 Å². The van der Waals surface area contributed by atoms with Crippen molar-refractivity contribution >= 4 is 11.5 Å².